The number of hydrogen-bond donors (Lipinski definition) is 1. The van der Waals surface area contributed by atoms with E-state index in [9.17, 15) is 0 Å². The molecule has 0 aromatic heterocycles. The van der Waals surface area contributed by atoms with E-state index in [-0.39, 0.29) is 6.10 Å². The third kappa shape index (κ3) is 3.74. The van der Waals surface area contributed by atoms with Gasteiger partial charge in [-0.3, -0.25) is 0 Å². The lowest BCUT2D eigenvalue weighted by Gasteiger charge is -2.33. The smallest absolute Gasteiger partial charge is 0.137 e. The van der Waals surface area contributed by atoms with Crippen molar-refractivity contribution in [2.24, 2.45) is 0 Å². The van der Waals surface area contributed by atoms with Gasteiger partial charge in [0.05, 0.1) is 6.61 Å². The molecule has 1 aromatic carbocycles. The molecule has 0 radical (unpaired) electrons. The number of ether oxygens (including phenoxy) is 2. The Hall–Kier alpha value is -1.06. The topological polar surface area (TPSA) is 30.5 Å². The highest BCUT2D eigenvalue weighted by Crippen LogP contribution is 2.26. The fourth-order valence-corrected chi connectivity index (χ4v) is 2.68. The number of hydrogen-bond acceptors (Lipinski definition) is 3. The maximum absolute atomic E-state index is 6.27. The van der Waals surface area contributed by atoms with Crippen molar-refractivity contribution in [2.75, 3.05) is 19.8 Å². The van der Waals surface area contributed by atoms with E-state index in [4.69, 9.17) is 9.47 Å². The van der Waals surface area contributed by atoms with Gasteiger partial charge >= 0.3 is 0 Å². The molecule has 2 unspecified atom stereocenters. The van der Waals surface area contributed by atoms with Crippen LogP contribution in [0.5, 0.6) is 5.75 Å². The van der Waals surface area contributed by atoms with Gasteiger partial charge in [0, 0.05) is 12.6 Å². The molecule has 1 heterocycles. The first-order valence-corrected chi connectivity index (χ1v) is 7.67. The van der Waals surface area contributed by atoms with Gasteiger partial charge in [0.25, 0.3) is 0 Å². The highest BCUT2D eigenvalue weighted by molar-refractivity contribution is 5.42. The van der Waals surface area contributed by atoms with E-state index in [1.165, 1.54) is 16.7 Å². The zero-order valence-electron chi connectivity index (χ0n) is 13.2. The van der Waals surface area contributed by atoms with Crippen molar-refractivity contribution >= 4 is 0 Å². The summed E-state index contributed by atoms with van der Waals surface area (Å²) in [5.74, 6) is 1.00. The summed E-state index contributed by atoms with van der Waals surface area (Å²) in [6.45, 7) is 11.1. The minimum absolute atomic E-state index is 0.107. The van der Waals surface area contributed by atoms with Crippen LogP contribution in [0.25, 0.3) is 0 Å². The van der Waals surface area contributed by atoms with Crippen molar-refractivity contribution in [2.45, 2.75) is 52.7 Å². The molecule has 2 atom stereocenters. The standard InChI is InChI=1S/C17H27NO2/c1-5-7-18-15-6-8-19-11-17(15)20-16-10-12(2)9-13(3)14(16)4/h9-10,15,17-18H,5-8,11H2,1-4H3. The molecule has 1 fully saturated rings. The Morgan fingerprint density at radius 1 is 1.30 bits per heavy atom. The zero-order valence-corrected chi connectivity index (χ0v) is 13.2. The van der Waals surface area contributed by atoms with Crippen molar-refractivity contribution in [1.82, 2.24) is 5.32 Å². The highest BCUT2D eigenvalue weighted by Gasteiger charge is 2.27. The van der Waals surface area contributed by atoms with Gasteiger partial charge in [0.15, 0.2) is 0 Å². The number of rotatable bonds is 5. The molecule has 2 rings (SSSR count). The molecule has 1 aliphatic rings. The summed E-state index contributed by atoms with van der Waals surface area (Å²) in [6, 6.07) is 4.73. The summed E-state index contributed by atoms with van der Waals surface area (Å²) in [5, 5.41) is 3.59. The van der Waals surface area contributed by atoms with Gasteiger partial charge in [0.1, 0.15) is 11.9 Å². The van der Waals surface area contributed by atoms with Crippen LogP contribution in [0.15, 0.2) is 12.1 Å². The Morgan fingerprint density at radius 2 is 2.10 bits per heavy atom. The lowest BCUT2D eigenvalue weighted by atomic mass is 10.0. The van der Waals surface area contributed by atoms with E-state index >= 15 is 0 Å². The molecule has 3 heteroatoms. The lowest BCUT2D eigenvalue weighted by molar-refractivity contribution is -0.0149. The van der Waals surface area contributed by atoms with Gasteiger partial charge in [-0.15, -0.1) is 0 Å². The highest BCUT2D eigenvalue weighted by atomic mass is 16.5. The summed E-state index contributed by atoms with van der Waals surface area (Å²) in [4.78, 5) is 0. The summed E-state index contributed by atoms with van der Waals surface area (Å²) < 4.78 is 11.9. The molecule has 1 aliphatic heterocycles. The van der Waals surface area contributed by atoms with Gasteiger partial charge in [-0.2, -0.15) is 0 Å². The Labute approximate surface area is 122 Å². The Morgan fingerprint density at radius 3 is 2.85 bits per heavy atom. The van der Waals surface area contributed by atoms with Crippen LogP contribution in [0.3, 0.4) is 0 Å². The minimum Gasteiger partial charge on any atom is -0.486 e. The van der Waals surface area contributed by atoms with Gasteiger partial charge in [-0.25, -0.2) is 0 Å². The van der Waals surface area contributed by atoms with Crippen molar-refractivity contribution in [3.63, 3.8) is 0 Å². The van der Waals surface area contributed by atoms with Crippen LogP contribution in [-0.2, 0) is 4.74 Å². The van der Waals surface area contributed by atoms with Crippen LogP contribution in [-0.4, -0.2) is 31.9 Å². The number of benzene rings is 1. The van der Waals surface area contributed by atoms with E-state index in [2.05, 4.69) is 45.1 Å². The SMILES string of the molecule is CCCNC1CCOCC1Oc1cc(C)cc(C)c1C. The van der Waals surface area contributed by atoms with Gasteiger partial charge in [-0.05, 0) is 62.9 Å². The van der Waals surface area contributed by atoms with Crippen LogP contribution in [0.4, 0.5) is 0 Å². The average Bonchev–Trinajstić information content (AvgIpc) is 2.43. The van der Waals surface area contributed by atoms with Crippen LogP contribution >= 0.6 is 0 Å². The van der Waals surface area contributed by atoms with Crippen LogP contribution in [0, 0.1) is 20.8 Å². The summed E-state index contributed by atoms with van der Waals surface area (Å²) in [6.07, 6.45) is 2.27. The second-order valence-electron chi connectivity index (χ2n) is 5.79. The monoisotopic (exact) mass is 277 g/mol. The third-order valence-electron chi connectivity index (χ3n) is 4.00. The Balaban J connectivity index is 2.10. The summed E-state index contributed by atoms with van der Waals surface area (Å²) in [7, 11) is 0. The minimum atomic E-state index is 0.107. The largest absolute Gasteiger partial charge is 0.486 e. The molecule has 0 amide bonds. The van der Waals surface area contributed by atoms with Gasteiger partial charge < -0.3 is 14.8 Å². The predicted molar refractivity (Wildman–Crippen MR) is 82.6 cm³/mol. The van der Waals surface area contributed by atoms with E-state index < -0.39 is 0 Å². The second kappa shape index (κ2) is 7.09. The molecule has 20 heavy (non-hydrogen) atoms. The van der Waals surface area contributed by atoms with Crippen molar-refractivity contribution in [1.29, 1.82) is 0 Å². The number of nitrogens with one attached hydrogen (secondary N) is 1. The molecule has 1 aromatic rings. The summed E-state index contributed by atoms with van der Waals surface area (Å²) >= 11 is 0. The zero-order chi connectivity index (χ0) is 14.5. The maximum atomic E-state index is 6.27. The molecule has 0 aliphatic carbocycles. The molecule has 0 bridgehead atoms. The third-order valence-corrected chi connectivity index (χ3v) is 4.00. The first kappa shape index (κ1) is 15.3. The molecule has 1 N–H and O–H groups in total. The fraction of sp³-hybridized carbons (Fsp3) is 0.647. The first-order valence-electron chi connectivity index (χ1n) is 7.67. The van der Waals surface area contributed by atoms with E-state index in [0.29, 0.717) is 12.6 Å². The molecule has 0 spiro atoms. The molecule has 0 saturated carbocycles. The second-order valence-corrected chi connectivity index (χ2v) is 5.79. The van der Waals surface area contributed by atoms with E-state index in [0.717, 1.165) is 31.7 Å². The summed E-state index contributed by atoms with van der Waals surface area (Å²) in [5.41, 5.74) is 3.77. The van der Waals surface area contributed by atoms with E-state index in [1.54, 1.807) is 0 Å². The van der Waals surface area contributed by atoms with Crippen LogP contribution in [0.1, 0.15) is 36.5 Å². The van der Waals surface area contributed by atoms with Crippen LogP contribution in [0.2, 0.25) is 0 Å². The Bertz CT molecular complexity index is 445. The maximum Gasteiger partial charge on any atom is 0.137 e. The molecule has 112 valence electrons. The number of aryl methyl sites for hydroxylation is 2. The Kier molecular flexibility index (Phi) is 5.44. The molecular weight excluding hydrogens is 250 g/mol. The van der Waals surface area contributed by atoms with Crippen LogP contribution < -0.4 is 10.1 Å². The predicted octanol–water partition coefficient (Wildman–Crippen LogP) is 3.15. The van der Waals surface area contributed by atoms with Crippen molar-refractivity contribution in [3.8, 4) is 5.75 Å². The first-order chi connectivity index (χ1) is 9.61. The van der Waals surface area contributed by atoms with Crippen molar-refractivity contribution < 1.29 is 9.47 Å². The molecular formula is C17H27NO2. The average molecular weight is 277 g/mol. The normalized spacial score (nSPS) is 22.8. The van der Waals surface area contributed by atoms with Gasteiger partial charge in [0.2, 0.25) is 0 Å². The van der Waals surface area contributed by atoms with E-state index in [1.807, 2.05) is 0 Å². The quantitative estimate of drug-likeness (QED) is 0.897. The van der Waals surface area contributed by atoms with Gasteiger partial charge in [-0.1, -0.05) is 13.0 Å². The molecule has 1 saturated heterocycles. The lowest BCUT2D eigenvalue weighted by Crippen LogP contribution is -2.49. The van der Waals surface area contributed by atoms with Crippen molar-refractivity contribution in [3.05, 3.63) is 28.8 Å². The fourth-order valence-electron chi connectivity index (χ4n) is 2.68. The molecule has 3 nitrogen and oxygen atoms in total.